The highest BCUT2D eigenvalue weighted by molar-refractivity contribution is 7.99. The standard InChI is InChI=1S/C10H13NO2S/c1-8(2)9-5-3-4-6-10(9)14-7-11(12)13/h3-6,8H,7H2,1-2H3. The van der Waals surface area contributed by atoms with Crippen LogP contribution in [0.5, 0.6) is 0 Å². The number of benzene rings is 1. The predicted molar refractivity (Wildman–Crippen MR) is 58.2 cm³/mol. The first kappa shape index (κ1) is 11.0. The van der Waals surface area contributed by atoms with Crippen molar-refractivity contribution in [2.45, 2.75) is 24.7 Å². The lowest BCUT2D eigenvalue weighted by Crippen LogP contribution is -1.97. The summed E-state index contributed by atoms with van der Waals surface area (Å²) in [4.78, 5) is 10.9. The Morgan fingerprint density at radius 2 is 2.07 bits per heavy atom. The Morgan fingerprint density at radius 1 is 1.43 bits per heavy atom. The zero-order chi connectivity index (χ0) is 10.6. The van der Waals surface area contributed by atoms with Crippen LogP contribution in [0.25, 0.3) is 0 Å². The minimum atomic E-state index is -0.304. The SMILES string of the molecule is CC(C)c1ccccc1SC[N+](=O)[O-]. The molecule has 4 heteroatoms. The zero-order valence-corrected chi connectivity index (χ0v) is 9.08. The number of hydrogen-bond acceptors (Lipinski definition) is 3. The first-order valence-corrected chi connectivity index (χ1v) is 5.43. The third kappa shape index (κ3) is 3.03. The number of rotatable bonds is 4. The van der Waals surface area contributed by atoms with E-state index in [0.29, 0.717) is 5.92 Å². The zero-order valence-electron chi connectivity index (χ0n) is 8.27. The van der Waals surface area contributed by atoms with Gasteiger partial charge in [-0.25, -0.2) is 0 Å². The lowest BCUT2D eigenvalue weighted by molar-refractivity contribution is -0.456. The second-order valence-corrected chi connectivity index (χ2v) is 4.29. The molecule has 0 heterocycles. The fraction of sp³-hybridized carbons (Fsp3) is 0.400. The van der Waals surface area contributed by atoms with Crippen LogP contribution in [0.2, 0.25) is 0 Å². The van der Waals surface area contributed by atoms with Crippen LogP contribution in [0.1, 0.15) is 25.3 Å². The second-order valence-electron chi connectivity index (χ2n) is 3.30. The molecule has 0 bridgehead atoms. The van der Waals surface area contributed by atoms with E-state index < -0.39 is 0 Å². The highest BCUT2D eigenvalue weighted by atomic mass is 32.2. The van der Waals surface area contributed by atoms with Gasteiger partial charge >= 0.3 is 0 Å². The van der Waals surface area contributed by atoms with Crippen LogP contribution in [0.4, 0.5) is 0 Å². The molecular weight excluding hydrogens is 198 g/mol. The Kier molecular flexibility index (Phi) is 3.95. The van der Waals surface area contributed by atoms with Crippen LogP contribution < -0.4 is 0 Å². The van der Waals surface area contributed by atoms with Crippen LogP contribution in [0.3, 0.4) is 0 Å². The van der Waals surface area contributed by atoms with E-state index in [4.69, 9.17) is 0 Å². The smallest absolute Gasteiger partial charge is 0.253 e. The van der Waals surface area contributed by atoms with Gasteiger partial charge in [-0.05, 0) is 29.3 Å². The summed E-state index contributed by atoms with van der Waals surface area (Å²) in [5, 5.41) is 10.2. The third-order valence-corrected chi connectivity index (χ3v) is 2.89. The molecular formula is C10H13NO2S. The van der Waals surface area contributed by atoms with E-state index >= 15 is 0 Å². The minimum absolute atomic E-state index is 0.0657. The Morgan fingerprint density at radius 3 is 2.64 bits per heavy atom. The molecule has 0 N–H and O–H groups in total. The fourth-order valence-electron chi connectivity index (χ4n) is 1.21. The van der Waals surface area contributed by atoms with Crippen LogP contribution in [0, 0.1) is 10.1 Å². The van der Waals surface area contributed by atoms with Crippen molar-refractivity contribution in [1.29, 1.82) is 0 Å². The van der Waals surface area contributed by atoms with E-state index in [1.165, 1.54) is 17.3 Å². The van der Waals surface area contributed by atoms with Crippen molar-refractivity contribution in [3.8, 4) is 0 Å². The number of nitro groups is 1. The largest absolute Gasteiger partial charge is 0.264 e. The maximum absolute atomic E-state index is 10.2. The van der Waals surface area contributed by atoms with Crippen LogP contribution >= 0.6 is 11.8 Å². The van der Waals surface area contributed by atoms with Gasteiger partial charge in [0.05, 0.1) is 0 Å². The normalized spacial score (nSPS) is 10.5. The van der Waals surface area contributed by atoms with E-state index in [2.05, 4.69) is 13.8 Å². The van der Waals surface area contributed by atoms with Gasteiger partial charge in [0, 0.05) is 9.82 Å². The van der Waals surface area contributed by atoms with Gasteiger partial charge < -0.3 is 0 Å². The Bertz CT molecular complexity index is 326. The molecule has 1 aromatic carbocycles. The highest BCUT2D eigenvalue weighted by Crippen LogP contribution is 2.27. The monoisotopic (exact) mass is 211 g/mol. The Labute approximate surface area is 87.7 Å². The summed E-state index contributed by atoms with van der Waals surface area (Å²) in [7, 11) is 0. The van der Waals surface area contributed by atoms with Crippen LogP contribution in [0.15, 0.2) is 29.2 Å². The van der Waals surface area contributed by atoms with Crippen molar-refractivity contribution in [1.82, 2.24) is 0 Å². The average molecular weight is 211 g/mol. The summed E-state index contributed by atoms with van der Waals surface area (Å²) < 4.78 is 0. The summed E-state index contributed by atoms with van der Waals surface area (Å²) in [5.41, 5.74) is 1.18. The first-order chi connectivity index (χ1) is 6.61. The number of nitrogens with zero attached hydrogens (tertiary/aromatic N) is 1. The quantitative estimate of drug-likeness (QED) is 0.332. The van der Waals surface area contributed by atoms with Crippen molar-refractivity contribution in [3.05, 3.63) is 39.9 Å². The van der Waals surface area contributed by atoms with Gasteiger partial charge in [-0.2, -0.15) is 0 Å². The third-order valence-electron chi connectivity index (χ3n) is 1.87. The van der Waals surface area contributed by atoms with Crippen LogP contribution in [-0.4, -0.2) is 10.8 Å². The van der Waals surface area contributed by atoms with Crippen molar-refractivity contribution in [2.24, 2.45) is 0 Å². The summed E-state index contributed by atoms with van der Waals surface area (Å²) in [5.74, 6) is 0.342. The molecule has 0 fully saturated rings. The Hall–Kier alpha value is -1.03. The van der Waals surface area contributed by atoms with Crippen molar-refractivity contribution in [2.75, 3.05) is 5.88 Å². The molecule has 14 heavy (non-hydrogen) atoms. The molecule has 0 aliphatic rings. The molecule has 1 rings (SSSR count). The molecule has 1 aromatic rings. The summed E-state index contributed by atoms with van der Waals surface area (Å²) >= 11 is 1.28. The number of thioether (sulfide) groups is 1. The lowest BCUT2D eigenvalue weighted by Gasteiger charge is -2.09. The molecule has 3 nitrogen and oxygen atoms in total. The molecule has 0 aromatic heterocycles. The van der Waals surface area contributed by atoms with Crippen molar-refractivity contribution < 1.29 is 4.92 Å². The Balaban J connectivity index is 2.79. The van der Waals surface area contributed by atoms with Gasteiger partial charge in [0.25, 0.3) is 5.88 Å². The van der Waals surface area contributed by atoms with Gasteiger partial charge in [-0.1, -0.05) is 32.0 Å². The maximum atomic E-state index is 10.2. The summed E-state index contributed by atoms with van der Waals surface area (Å²) in [6, 6.07) is 7.83. The van der Waals surface area contributed by atoms with E-state index in [0.717, 1.165) is 4.90 Å². The predicted octanol–water partition coefficient (Wildman–Crippen LogP) is 3.14. The molecule has 0 aliphatic heterocycles. The fourth-order valence-corrected chi connectivity index (χ4v) is 2.10. The second kappa shape index (κ2) is 5.00. The van der Waals surface area contributed by atoms with E-state index in [1.807, 2.05) is 24.3 Å². The molecule has 0 radical (unpaired) electrons. The van der Waals surface area contributed by atoms with Crippen molar-refractivity contribution >= 4 is 11.8 Å². The molecule has 0 saturated carbocycles. The van der Waals surface area contributed by atoms with Gasteiger partial charge in [0.2, 0.25) is 0 Å². The number of hydrogen-bond donors (Lipinski definition) is 0. The lowest BCUT2D eigenvalue weighted by atomic mass is 10.0. The van der Waals surface area contributed by atoms with E-state index in [-0.39, 0.29) is 10.8 Å². The molecule has 0 spiro atoms. The van der Waals surface area contributed by atoms with Gasteiger partial charge in [-0.3, -0.25) is 10.1 Å². The molecule has 0 aliphatic carbocycles. The minimum Gasteiger partial charge on any atom is -0.264 e. The van der Waals surface area contributed by atoms with E-state index in [9.17, 15) is 10.1 Å². The molecule has 0 amide bonds. The summed E-state index contributed by atoms with van der Waals surface area (Å²) in [6.45, 7) is 4.18. The molecule has 76 valence electrons. The van der Waals surface area contributed by atoms with Gasteiger partial charge in [0.1, 0.15) is 0 Å². The van der Waals surface area contributed by atoms with Gasteiger partial charge in [-0.15, -0.1) is 0 Å². The van der Waals surface area contributed by atoms with Crippen molar-refractivity contribution in [3.63, 3.8) is 0 Å². The molecule has 0 atom stereocenters. The molecule has 0 unspecified atom stereocenters. The molecule has 0 saturated heterocycles. The van der Waals surface area contributed by atoms with Crippen LogP contribution in [-0.2, 0) is 0 Å². The van der Waals surface area contributed by atoms with Gasteiger partial charge in [0.15, 0.2) is 0 Å². The maximum Gasteiger partial charge on any atom is 0.253 e. The first-order valence-electron chi connectivity index (χ1n) is 4.44. The average Bonchev–Trinajstić information content (AvgIpc) is 2.15. The summed E-state index contributed by atoms with van der Waals surface area (Å²) in [6.07, 6.45) is 0. The highest BCUT2D eigenvalue weighted by Gasteiger charge is 2.08. The topological polar surface area (TPSA) is 43.1 Å². The van der Waals surface area contributed by atoms with E-state index in [1.54, 1.807) is 0 Å².